The van der Waals surface area contributed by atoms with E-state index in [2.05, 4.69) is 0 Å². The van der Waals surface area contributed by atoms with Gasteiger partial charge in [-0.25, -0.2) is 0 Å². The van der Waals surface area contributed by atoms with Crippen LogP contribution in [0.25, 0.3) is 0 Å². The molecule has 0 spiro atoms. The zero-order valence-electron chi connectivity index (χ0n) is 11.3. The molecule has 0 aliphatic heterocycles. The van der Waals surface area contributed by atoms with Gasteiger partial charge in [0.25, 0.3) is 5.69 Å². The average molecular weight is 300 g/mol. The highest BCUT2D eigenvalue weighted by Gasteiger charge is 2.18. The Hall–Kier alpha value is -2.52. The highest BCUT2D eigenvalue weighted by atomic mass is 32.2. The van der Waals surface area contributed by atoms with Crippen molar-refractivity contribution in [2.75, 3.05) is 0 Å². The Labute approximate surface area is 124 Å². The molecule has 0 heterocycles. The summed E-state index contributed by atoms with van der Waals surface area (Å²) >= 11 is 0. The topological polar surface area (TPSA) is 84.0 Å². The third-order valence-corrected chi connectivity index (χ3v) is 4.47. The first kappa shape index (κ1) is 14.9. The normalized spacial score (nSPS) is 11.6. The van der Waals surface area contributed by atoms with E-state index in [1.165, 1.54) is 12.1 Å². The third-order valence-electron chi connectivity index (χ3n) is 3.07. The number of nitrogens with zero attached hydrogens (tertiary/aromatic N) is 2. The second-order valence-corrected chi connectivity index (χ2v) is 5.89. The first-order chi connectivity index (χ1) is 10.0. The molecule has 0 saturated heterocycles. The van der Waals surface area contributed by atoms with Gasteiger partial charge in [-0.05, 0) is 36.2 Å². The molecule has 0 fully saturated rings. The minimum absolute atomic E-state index is 0.137. The average Bonchev–Trinajstić information content (AvgIpc) is 2.49. The van der Waals surface area contributed by atoms with E-state index in [-0.39, 0.29) is 16.3 Å². The molecule has 0 radical (unpaired) electrons. The van der Waals surface area contributed by atoms with Crippen molar-refractivity contribution in [3.8, 4) is 6.07 Å². The second kappa shape index (κ2) is 6.29. The van der Waals surface area contributed by atoms with Crippen LogP contribution in [0.15, 0.2) is 47.4 Å². The van der Waals surface area contributed by atoms with Crippen LogP contribution in [0.5, 0.6) is 0 Å². The van der Waals surface area contributed by atoms with Gasteiger partial charge in [-0.15, -0.1) is 0 Å². The lowest BCUT2D eigenvalue weighted by Crippen LogP contribution is -2.02. The van der Waals surface area contributed by atoms with Crippen LogP contribution in [0.3, 0.4) is 0 Å². The molecule has 1 atom stereocenters. The van der Waals surface area contributed by atoms with E-state index in [4.69, 9.17) is 5.26 Å². The molecule has 0 bridgehead atoms. The summed E-state index contributed by atoms with van der Waals surface area (Å²) in [6.45, 7) is 1.83. The molecule has 106 valence electrons. The number of rotatable bonds is 4. The lowest BCUT2D eigenvalue weighted by atomic mass is 10.1. The van der Waals surface area contributed by atoms with E-state index in [0.29, 0.717) is 5.56 Å². The fourth-order valence-electron chi connectivity index (χ4n) is 1.95. The molecule has 2 aromatic rings. The van der Waals surface area contributed by atoms with Crippen molar-refractivity contribution >= 4 is 16.5 Å². The lowest BCUT2D eigenvalue weighted by molar-refractivity contribution is -0.387. The van der Waals surface area contributed by atoms with Crippen LogP contribution in [-0.4, -0.2) is 9.13 Å². The van der Waals surface area contributed by atoms with Crippen LogP contribution in [-0.2, 0) is 16.6 Å². The van der Waals surface area contributed by atoms with Gasteiger partial charge in [0, 0.05) is 6.07 Å². The van der Waals surface area contributed by atoms with Crippen molar-refractivity contribution in [1.82, 2.24) is 0 Å². The molecular weight excluding hydrogens is 288 g/mol. The van der Waals surface area contributed by atoms with Crippen molar-refractivity contribution in [2.45, 2.75) is 17.6 Å². The molecule has 0 saturated carbocycles. The number of nitro groups is 1. The maximum absolute atomic E-state index is 12.4. The van der Waals surface area contributed by atoms with Gasteiger partial charge in [0.15, 0.2) is 0 Å². The predicted molar refractivity (Wildman–Crippen MR) is 79.1 cm³/mol. The van der Waals surface area contributed by atoms with E-state index < -0.39 is 15.7 Å². The second-order valence-electron chi connectivity index (χ2n) is 4.47. The number of nitro benzene ring substituents is 1. The van der Waals surface area contributed by atoms with Gasteiger partial charge >= 0.3 is 0 Å². The van der Waals surface area contributed by atoms with Crippen molar-refractivity contribution in [3.63, 3.8) is 0 Å². The molecule has 5 nitrogen and oxygen atoms in total. The van der Waals surface area contributed by atoms with E-state index >= 15 is 0 Å². The van der Waals surface area contributed by atoms with Crippen LogP contribution in [0.2, 0.25) is 0 Å². The number of hydrogen-bond acceptors (Lipinski definition) is 4. The molecule has 0 aromatic heterocycles. The Morgan fingerprint density at radius 2 is 2.00 bits per heavy atom. The quantitative estimate of drug-likeness (QED) is 0.641. The molecule has 0 amide bonds. The van der Waals surface area contributed by atoms with Crippen LogP contribution in [0.1, 0.15) is 16.7 Å². The zero-order chi connectivity index (χ0) is 15.4. The van der Waals surface area contributed by atoms with Crippen molar-refractivity contribution in [2.24, 2.45) is 0 Å². The van der Waals surface area contributed by atoms with Crippen molar-refractivity contribution in [1.29, 1.82) is 5.26 Å². The summed E-state index contributed by atoms with van der Waals surface area (Å²) in [4.78, 5) is 10.6. The fraction of sp³-hybridized carbons (Fsp3) is 0.133. The Balaban J connectivity index is 2.31. The van der Waals surface area contributed by atoms with Gasteiger partial charge in [-0.2, -0.15) is 5.26 Å². The van der Waals surface area contributed by atoms with E-state index in [0.717, 1.165) is 11.1 Å². The summed E-state index contributed by atoms with van der Waals surface area (Å²) in [7, 11) is -1.51. The number of para-hydroxylation sites is 1. The summed E-state index contributed by atoms with van der Waals surface area (Å²) in [6.07, 6.45) is 0. The summed E-state index contributed by atoms with van der Waals surface area (Å²) in [5, 5.41) is 19.8. The number of benzene rings is 2. The van der Waals surface area contributed by atoms with Crippen LogP contribution < -0.4 is 0 Å². The molecule has 2 aromatic carbocycles. The van der Waals surface area contributed by atoms with Crippen molar-refractivity contribution in [3.05, 3.63) is 69.3 Å². The number of aryl methyl sites for hydroxylation is 1. The molecule has 0 aliphatic rings. The molecule has 6 heteroatoms. The minimum atomic E-state index is -1.51. The summed E-state index contributed by atoms with van der Waals surface area (Å²) < 4.78 is 12.4. The Bertz CT molecular complexity index is 766. The minimum Gasteiger partial charge on any atom is -0.258 e. The molecule has 0 N–H and O–H groups in total. The van der Waals surface area contributed by atoms with Gasteiger partial charge in [-0.3, -0.25) is 14.3 Å². The van der Waals surface area contributed by atoms with E-state index in [9.17, 15) is 14.3 Å². The first-order valence-electron chi connectivity index (χ1n) is 6.14. The highest BCUT2D eigenvalue weighted by molar-refractivity contribution is 7.84. The summed E-state index contributed by atoms with van der Waals surface area (Å²) in [6, 6.07) is 13.2. The third kappa shape index (κ3) is 3.33. The number of nitriles is 1. The van der Waals surface area contributed by atoms with Gasteiger partial charge in [0.2, 0.25) is 0 Å². The van der Waals surface area contributed by atoms with Gasteiger partial charge in [0.05, 0.1) is 33.1 Å². The van der Waals surface area contributed by atoms with E-state index in [1.54, 1.807) is 30.3 Å². The van der Waals surface area contributed by atoms with Crippen LogP contribution in [0, 0.1) is 28.4 Å². The highest BCUT2D eigenvalue weighted by Crippen LogP contribution is 2.24. The molecule has 2 rings (SSSR count). The maximum atomic E-state index is 12.4. The fourth-order valence-corrected chi connectivity index (χ4v) is 3.31. The Kier molecular flexibility index (Phi) is 4.45. The van der Waals surface area contributed by atoms with Crippen LogP contribution in [0.4, 0.5) is 5.69 Å². The smallest absolute Gasteiger partial charge is 0.258 e. The lowest BCUT2D eigenvalue weighted by Gasteiger charge is -2.07. The monoisotopic (exact) mass is 300 g/mol. The first-order valence-corrected chi connectivity index (χ1v) is 7.46. The predicted octanol–water partition coefficient (Wildman–Crippen LogP) is 3.08. The Morgan fingerprint density at radius 1 is 1.29 bits per heavy atom. The SMILES string of the molecule is Cc1cc(C#N)ccc1CS(=O)c1ccccc1[N+](=O)[O-]. The largest absolute Gasteiger partial charge is 0.285 e. The van der Waals surface area contributed by atoms with Crippen LogP contribution >= 0.6 is 0 Å². The molecule has 1 unspecified atom stereocenters. The molecule has 0 aliphatic carbocycles. The standard InChI is InChI=1S/C15H12N2O3S/c1-11-8-12(9-16)6-7-13(11)10-21(20)15-5-3-2-4-14(15)17(18)19/h2-8H,10H2,1H3. The molecule has 21 heavy (non-hydrogen) atoms. The summed E-state index contributed by atoms with van der Waals surface area (Å²) in [5.74, 6) is 0.183. The van der Waals surface area contributed by atoms with Gasteiger partial charge in [0.1, 0.15) is 4.90 Å². The van der Waals surface area contributed by atoms with Gasteiger partial charge in [-0.1, -0.05) is 18.2 Å². The Morgan fingerprint density at radius 3 is 2.62 bits per heavy atom. The number of hydrogen-bond donors (Lipinski definition) is 0. The molecular formula is C15H12N2O3S. The zero-order valence-corrected chi connectivity index (χ0v) is 12.1. The van der Waals surface area contributed by atoms with Gasteiger partial charge < -0.3 is 0 Å². The summed E-state index contributed by atoms with van der Waals surface area (Å²) in [5.41, 5.74) is 2.06. The van der Waals surface area contributed by atoms with Crippen molar-refractivity contribution < 1.29 is 9.13 Å². The maximum Gasteiger partial charge on any atom is 0.285 e. The van der Waals surface area contributed by atoms with E-state index in [1.807, 2.05) is 13.0 Å².